The van der Waals surface area contributed by atoms with Gasteiger partial charge in [-0.1, -0.05) is 18.5 Å². The van der Waals surface area contributed by atoms with Crippen LogP contribution in [-0.2, 0) is 6.42 Å². The van der Waals surface area contributed by atoms with Gasteiger partial charge in [-0.2, -0.15) is 0 Å². The van der Waals surface area contributed by atoms with Crippen LogP contribution < -0.4 is 0 Å². The van der Waals surface area contributed by atoms with Crippen molar-refractivity contribution >= 4 is 17.0 Å². The summed E-state index contributed by atoms with van der Waals surface area (Å²) in [6.07, 6.45) is 8.07. The van der Waals surface area contributed by atoms with E-state index >= 15 is 0 Å². The number of likely N-dealkylation sites (N-methyl/N-ethyl adjacent to an activating group) is 1. The molecular weight excluding hydrogens is 316 g/mol. The van der Waals surface area contributed by atoms with Gasteiger partial charge in [0.15, 0.2) is 0 Å². The van der Waals surface area contributed by atoms with E-state index in [4.69, 9.17) is 4.52 Å². The fourth-order valence-electron chi connectivity index (χ4n) is 4.45. The van der Waals surface area contributed by atoms with Crippen molar-refractivity contribution in [3.63, 3.8) is 0 Å². The third-order valence-electron chi connectivity index (χ3n) is 5.72. The number of hydrogen-bond donors (Lipinski definition) is 0. The van der Waals surface area contributed by atoms with Gasteiger partial charge in [0.1, 0.15) is 0 Å². The summed E-state index contributed by atoms with van der Waals surface area (Å²) in [6, 6.07) is 2.74. The maximum Gasteiger partial charge on any atom is 0.257 e. The molecule has 2 aromatic rings. The largest absolute Gasteiger partial charge is 0.336 e. The quantitative estimate of drug-likeness (QED) is 0.855. The van der Waals surface area contributed by atoms with Crippen LogP contribution in [0.4, 0.5) is 0 Å². The maximum absolute atomic E-state index is 13.2. The van der Waals surface area contributed by atoms with Crippen molar-refractivity contribution in [1.82, 2.24) is 19.9 Å². The molecule has 25 heavy (non-hydrogen) atoms. The van der Waals surface area contributed by atoms with Crippen molar-refractivity contribution in [1.29, 1.82) is 0 Å². The van der Waals surface area contributed by atoms with Gasteiger partial charge < -0.3 is 14.3 Å². The standard InChI is InChI=1S/C19H26N4O2/c1-3-6-15-14-11-13(12-20-18(14)25-21-15)19(24)23-10-5-8-17(23)16-7-4-9-22(16)2/h11-12,16-17H,3-10H2,1-2H3. The van der Waals surface area contributed by atoms with Gasteiger partial charge in [0, 0.05) is 24.8 Å². The first kappa shape index (κ1) is 16.5. The summed E-state index contributed by atoms with van der Waals surface area (Å²) < 4.78 is 5.29. The van der Waals surface area contributed by atoms with Crippen molar-refractivity contribution in [2.75, 3.05) is 20.1 Å². The van der Waals surface area contributed by atoms with Gasteiger partial charge in [-0.05, 0) is 51.8 Å². The first-order chi connectivity index (χ1) is 12.2. The number of likely N-dealkylation sites (tertiary alicyclic amines) is 2. The number of hydrogen-bond acceptors (Lipinski definition) is 5. The molecule has 4 heterocycles. The van der Waals surface area contributed by atoms with Crippen LogP contribution in [-0.4, -0.2) is 58.1 Å². The second-order valence-electron chi connectivity index (χ2n) is 7.35. The Labute approximate surface area is 148 Å². The van der Waals surface area contributed by atoms with Crippen LogP contribution in [0.1, 0.15) is 55.1 Å². The first-order valence-electron chi connectivity index (χ1n) is 9.44. The molecule has 134 valence electrons. The predicted octanol–water partition coefficient (Wildman–Crippen LogP) is 2.87. The molecule has 0 radical (unpaired) electrons. The Balaban J connectivity index is 1.61. The summed E-state index contributed by atoms with van der Waals surface area (Å²) in [6.45, 7) is 4.09. The molecule has 2 aromatic heterocycles. The minimum absolute atomic E-state index is 0.0980. The van der Waals surface area contributed by atoms with E-state index in [0.29, 0.717) is 23.4 Å². The molecule has 0 bridgehead atoms. The van der Waals surface area contributed by atoms with E-state index in [-0.39, 0.29) is 5.91 Å². The molecule has 2 saturated heterocycles. The van der Waals surface area contributed by atoms with Crippen molar-refractivity contribution in [3.05, 3.63) is 23.5 Å². The van der Waals surface area contributed by atoms with Crippen molar-refractivity contribution < 1.29 is 9.32 Å². The second kappa shape index (κ2) is 6.75. The number of aromatic nitrogens is 2. The highest BCUT2D eigenvalue weighted by atomic mass is 16.5. The number of carbonyl (C=O) groups is 1. The van der Waals surface area contributed by atoms with Gasteiger partial charge in [-0.3, -0.25) is 4.79 Å². The number of carbonyl (C=O) groups excluding carboxylic acids is 1. The number of amides is 1. The van der Waals surface area contributed by atoms with Gasteiger partial charge in [0.2, 0.25) is 0 Å². The lowest BCUT2D eigenvalue weighted by Gasteiger charge is -2.33. The molecule has 2 aliphatic rings. The number of aryl methyl sites for hydroxylation is 1. The predicted molar refractivity (Wildman–Crippen MR) is 95.5 cm³/mol. The molecule has 2 fully saturated rings. The monoisotopic (exact) mass is 342 g/mol. The molecule has 0 spiro atoms. The lowest BCUT2D eigenvalue weighted by atomic mass is 10.0. The SMILES string of the molecule is CCCc1noc2ncc(C(=O)N3CCCC3C3CCCN3C)cc12. The van der Waals surface area contributed by atoms with E-state index in [9.17, 15) is 4.79 Å². The third-order valence-corrected chi connectivity index (χ3v) is 5.72. The normalized spacial score (nSPS) is 24.5. The zero-order chi connectivity index (χ0) is 17.4. The van der Waals surface area contributed by atoms with Crippen molar-refractivity contribution in [2.45, 2.75) is 57.5 Å². The summed E-state index contributed by atoms with van der Waals surface area (Å²) in [7, 11) is 2.18. The molecule has 0 aliphatic carbocycles. The molecular formula is C19H26N4O2. The summed E-state index contributed by atoms with van der Waals surface area (Å²) >= 11 is 0. The van der Waals surface area contributed by atoms with Gasteiger partial charge in [-0.15, -0.1) is 0 Å². The Hall–Kier alpha value is -1.95. The number of nitrogens with zero attached hydrogens (tertiary/aromatic N) is 4. The van der Waals surface area contributed by atoms with E-state index in [2.05, 4.69) is 33.9 Å². The van der Waals surface area contributed by atoms with E-state index in [0.717, 1.165) is 49.9 Å². The van der Waals surface area contributed by atoms with Gasteiger partial charge in [0.25, 0.3) is 11.6 Å². The second-order valence-corrected chi connectivity index (χ2v) is 7.35. The Kier molecular flexibility index (Phi) is 4.46. The minimum Gasteiger partial charge on any atom is -0.336 e. The first-order valence-corrected chi connectivity index (χ1v) is 9.44. The summed E-state index contributed by atoms with van der Waals surface area (Å²) in [5.74, 6) is 0.0980. The highest BCUT2D eigenvalue weighted by Gasteiger charge is 2.38. The van der Waals surface area contributed by atoms with E-state index in [1.807, 2.05) is 6.07 Å². The average molecular weight is 342 g/mol. The maximum atomic E-state index is 13.2. The number of rotatable bonds is 4. The Morgan fingerprint density at radius 2 is 2.08 bits per heavy atom. The highest BCUT2D eigenvalue weighted by Crippen LogP contribution is 2.30. The zero-order valence-corrected chi connectivity index (χ0v) is 15.1. The summed E-state index contributed by atoms with van der Waals surface area (Å²) in [5.41, 5.74) is 2.07. The fraction of sp³-hybridized carbons (Fsp3) is 0.632. The molecule has 4 rings (SSSR count). The Morgan fingerprint density at radius 3 is 2.84 bits per heavy atom. The molecule has 0 N–H and O–H groups in total. The zero-order valence-electron chi connectivity index (χ0n) is 15.1. The molecule has 6 nitrogen and oxygen atoms in total. The van der Waals surface area contributed by atoms with Crippen LogP contribution in [0.5, 0.6) is 0 Å². The minimum atomic E-state index is 0.0980. The Bertz CT molecular complexity index is 772. The van der Waals surface area contributed by atoms with Gasteiger partial charge in [-0.25, -0.2) is 4.98 Å². The lowest BCUT2D eigenvalue weighted by molar-refractivity contribution is 0.0664. The van der Waals surface area contributed by atoms with E-state index in [1.54, 1.807) is 6.20 Å². The third kappa shape index (κ3) is 2.92. The highest BCUT2D eigenvalue weighted by molar-refractivity contribution is 5.97. The van der Waals surface area contributed by atoms with Crippen molar-refractivity contribution in [3.8, 4) is 0 Å². The van der Waals surface area contributed by atoms with Crippen LogP contribution >= 0.6 is 0 Å². The summed E-state index contributed by atoms with van der Waals surface area (Å²) in [5, 5.41) is 4.98. The lowest BCUT2D eigenvalue weighted by Crippen LogP contribution is -2.47. The fourth-order valence-corrected chi connectivity index (χ4v) is 4.45. The Morgan fingerprint density at radius 1 is 1.28 bits per heavy atom. The number of fused-ring (bicyclic) bond motifs is 1. The van der Waals surface area contributed by atoms with Crippen molar-refractivity contribution in [2.24, 2.45) is 0 Å². The molecule has 2 unspecified atom stereocenters. The van der Waals surface area contributed by atoms with Crippen LogP contribution in [0, 0.1) is 0 Å². The molecule has 2 atom stereocenters. The van der Waals surface area contributed by atoms with Crippen LogP contribution in [0.15, 0.2) is 16.8 Å². The molecule has 0 aromatic carbocycles. The average Bonchev–Trinajstić information content (AvgIpc) is 3.34. The van der Waals surface area contributed by atoms with Crippen LogP contribution in [0.2, 0.25) is 0 Å². The molecule has 6 heteroatoms. The van der Waals surface area contributed by atoms with E-state index in [1.165, 1.54) is 12.8 Å². The topological polar surface area (TPSA) is 62.5 Å². The summed E-state index contributed by atoms with van der Waals surface area (Å²) in [4.78, 5) is 22.0. The molecule has 1 amide bonds. The van der Waals surface area contributed by atoms with Crippen LogP contribution in [0.25, 0.3) is 11.1 Å². The molecule has 0 saturated carbocycles. The number of pyridine rings is 1. The smallest absolute Gasteiger partial charge is 0.257 e. The van der Waals surface area contributed by atoms with Crippen LogP contribution in [0.3, 0.4) is 0 Å². The molecule has 2 aliphatic heterocycles. The van der Waals surface area contributed by atoms with Gasteiger partial charge in [0.05, 0.1) is 16.6 Å². The van der Waals surface area contributed by atoms with Gasteiger partial charge >= 0.3 is 0 Å². The van der Waals surface area contributed by atoms with E-state index < -0.39 is 0 Å².